The summed E-state index contributed by atoms with van der Waals surface area (Å²) in [4.78, 5) is 11.3. The molecule has 2 aromatic carbocycles. The summed E-state index contributed by atoms with van der Waals surface area (Å²) in [6.45, 7) is 0. The van der Waals surface area contributed by atoms with Gasteiger partial charge < -0.3 is 9.47 Å². The molecule has 0 radical (unpaired) electrons. The second kappa shape index (κ2) is 7.24. The van der Waals surface area contributed by atoms with Crippen molar-refractivity contribution >= 4 is 21.7 Å². The molecule has 26 heavy (non-hydrogen) atoms. The zero-order chi connectivity index (χ0) is 19.5. The van der Waals surface area contributed by atoms with Crippen LogP contribution < -0.4 is 9.46 Å². The van der Waals surface area contributed by atoms with Crippen LogP contribution in [0.15, 0.2) is 47.4 Å². The Morgan fingerprint density at radius 3 is 2.31 bits per heavy atom. The van der Waals surface area contributed by atoms with Gasteiger partial charge in [0.1, 0.15) is 10.6 Å². The maximum absolute atomic E-state index is 13.1. The van der Waals surface area contributed by atoms with Gasteiger partial charge in [0, 0.05) is 5.69 Å². The Morgan fingerprint density at radius 2 is 1.73 bits per heavy atom. The molecule has 2 aromatic rings. The molecule has 0 saturated carbocycles. The highest BCUT2D eigenvalue weighted by Gasteiger charge is 2.35. The minimum atomic E-state index is -4.74. The smallest absolute Gasteiger partial charge is 0.420 e. The number of sulfonamides is 1. The molecule has 0 amide bonds. The number of carbonyl (C=O) groups is 1. The van der Waals surface area contributed by atoms with E-state index in [4.69, 9.17) is 0 Å². The molecule has 0 saturated heterocycles. The van der Waals surface area contributed by atoms with Gasteiger partial charge >= 0.3 is 12.1 Å². The number of hydrogen-bond acceptors (Lipinski definition) is 5. The van der Waals surface area contributed by atoms with E-state index >= 15 is 0 Å². The molecule has 1 N–H and O–H groups in total. The average Bonchev–Trinajstić information content (AvgIpc) is 2.60. The predicted molar refractivity (Wildman–Crippen MR) is 86.6 cm³/mol. The summed E-state index contributed by atoms with van der Waals surface area (Å²) in [5.74, 6) is -1.34. The number of esters is 1. The molecule has 0 heterocycles. The van der Waals surface area contributed by atoms with Crippen LogP contribution in [0, 0.1) is 0 Å². The quantitative estimate of drug-likeness (QED) is 0.794. The predicted octanol–water partition coefficient (Wildman–Crippen LogP) is 3.30. The number of alkyl halides is 3. The highest BCUT2D eigenvalue weighted by Crippen LogP contribution is 2.38. The molecule has 140 valence electrons. The first-order valence-electron chi connectivity index (χ1n) is 7.05. The molecule has 0 atom stereocenters. The SMILES string of the molecule is COC(=O)c1ccccc1S(=O)(=O)Nc1ccc(OC)c(C(F)(F)F)c1. The van der Waals surface area contributed by atoms with Crippen LogP contribution in [0.3, 0.4) is 0 Å². The largest absolute Gasteiger partial charge is 0.496 e. The lowest BCUT2D eigenvalue weighted by atomic mass is 10.1. The van der Waals surface area contributed by atoms with Gasteiger partial charge in [-0.2, -0.15) is 13.2 Å². The van der Waals surface area contributed by atoms with E-state index in [1.807, 2.05) is 4.72 Å². The lowest BCUT2D eigenvalue weighted by molar-refractivity contribution is -0.138. The van der Waals surface area contributed by atoms with Gasteiger partial charge in [-0.25, -0.2) is 13.2 Å². The van der Waals surface area contributed by atoms with Crippen molar-refractivity contribution in [1.29, 1.82) is 0 Å². The zero-order valence-electron chi connectivity index (χ0n) is 13.6. The molecule has 0 aliphatic heterocycles. The van der Waals surface area contributed by atoms with Crippen molar-refractivity contribution in [2.45, 2.75) is 11.1 Å². The summed E-state index contributed by atoms with van der Waals surface area (Å²) in [6.07, 6.45) is -4.74. The van der Waals surface area contributed by atoms with Gasteiger partial charge in [-0.05, 0) is 30.3 Å². The molecule has 6 nitrogen and oxygen atoms in total. The second-order valence-electron chi connectivity index (χ2n) is 5.01. The zero-order valence-corrected chi connectivity index (χ0v) is 14.4. The Labute approximate surface area is 147 Å². The van der Waals surface area contributed by atoms with Gasteiger partial charge in [-0.3, -0.25) is 4.72 Å². The van der Waals surface area contributed by atoms with E-state index in [0.717, 1.165) is 32.4 Å². The average molecular weight is 389 g/mol. The number of rotatable bonds is 5. The van der Waals surface area contributed by atoms with Crippen molar-refractivity contribution in [2.24, 2.45) is 0 Å². The number of hydrogen-bond donors (Lipinski definition) is 1. The third-order valence-electron chi connectivity index (χ3n) is 3.34. The van der Waals surface area contributed by atoms with E-state index in [1.165, 1.54) is 18.2 Å². The molecular weight excluding hydrogens is 375 g/mol. The van der Waals surface area contributed by atoms with Crippen LogP contribution in [0.4, 0.5) is 18.9 Å². The van der Waals surface area contributed by atoms with Crippen LogP contribution in [-0.4, -0.2) is 28.6 Å². The Hall–Kier alpha value is -2.75. The van der Waals surface area contributed by atoms with Gasteiger partial charge in [0.2, 0.25) is 0 Å². The fraction of sp³-hybridized carbons (Fsp3) is 0.188. The van der Waals surface area contributed by atoms with Crippen molar-refractivity contribution in [2.75, 3.05) is 18.9 Å². The first-order valence-corrected chi connectivity index (χ1v) is 8.54. The molecule has 0 bridgehead atoms. The van der Waals surface area contributed by atoms with Crippen LogP contribution in [0.1, 0.15) is 15.9 Å². The summed E-state index contributed by atoms with van der Waals surface area (Å²) in [6, 6.07) is 7.89. The Balaban J connectivity index is 2.47. The van der Waals surface area contributed by atoms with Crippen molar-refractivity contribution in [1.82, 2.24) is 0 Å². The fourth-order valence-electron chi connectivity index (χ4n) is 2.18. The highest BCUT2D eigenvalue weighted by molar-refractivity contribution is 7.92. The Morgan fingerprint density at radius 1 is 1.08 bits per heavy atom. The summed E-state index contributed by atoms with van der Waals surface area (Å²) in [7, 11) is -2.19. The number of ether oxygens (including phenoxy) is 2. The molecule has 0 aliphatic rings. The highest BCUT2D eigenvalue weighted by atomic mass is 32.2. The van der Waals surface area contributed by atoms with E-state index in [9.17, 15) is 26.4 Å². The molecule has 0 unspecified atom stereocenters. The monoisotopic (exact) mass is 389 g/mol. The van der Waals surface area contributed by atoms with Gasteiger partial charge in [0.05, 0.1) is 25.3 Å². The van der Waals surface area contributed by atoms with Crippen LogP contribution >= 0.6 is 0 Å². The van der Waals surface area contributed by atoms with Gasteiger partial charge in [-0.15, -0.1) is 0 Å². The maximum atomic E-state index is 13.1. The van der Waals surface area contributed by atoms with Crippen LogP contribution in [0.5, 0.6) is 5.75 Å². The number of anilines is 1. The normalized spacial score (nSPS) is 11.7. The van der Waals surface area contributed by atoms with E-state index in [1.54, 1.807) is 0 Å². The molecular formula is C16H14F3NO5S. The summed E-state index contributed by atoms with van der Waals surface area (Å²) >= 11 is 0. The number of methoxy groups -OCH3 is 2. The molecule has 0 aromatic heterocycles. The molecule has 0 fully saturated rings. The Bertz CT molecular complexity index is 926. The minimum absolute atomic E-state index is 0.243. The van der Waals surface area contributed by atoms with Crippen LogP contribution in [0.25, 0.3) is 0 Å². The first-order chi connectivity index (χ1) is 12.1. The molecule has 2 rings (SSSR count). The van der Waals surface area contributed by atoms with E-state index in [0.29, 0.717) is 6.07 Å². The molecule has 0 aliphatic carbocycles. The summed E-state index contributed by atoms with van der Waals surface area (Å²) < 4.78 is 75.5. The summed E-state index contributed by atoms with van der Waals surface area (Å²) in [5.41, 5.74) is -1.72. The molecule has 10 heteroatoms. The van der Waals surface area contributed by atoms with E-state index in [-0.39, 0.29) is 11.3 Å². The number of nitrogens with one attached hydrogen (secondary N) is 1. The maximum Gasteiger partial charge on any atom is 0.420 e. The first kappa shape index (κ1) is 19.6. The number of carbonyl (C=O) groups excluding carboxylic acids is 1. The van der Waals surface area contributed by atoms with E-state index in [2.05, 4.69) is 9.47 Å². The minimum Gasteiger partial charge on any atom is -0.496 e. The van der Waals surface area contributed by atoms with Gasteiger partial charge in [0.15, 0.2) is 0 Å². The van der Waals surface area contributed by atoms with Gasteiger partial charge in [-0.1, -0.05) is 12.1 Å². The topological polar surface area (TPSA) is 81.7 Å². The van der Waals surface area contributed by atoms with E-state index < -0.39 is 38.4 Å². The lowest BCUT2D eigenvalue weighted by Crippen LogP contribution is -2.18. The van der Waals surface area contributed by atoms with Crippen molar-refractivity contribution in [3.63, 3.8) is 0 Å². The standard InChI is InChI=1S/C16H14F3NO5S/c1-24-13-8-7-10(9-12(13)16(17,18)19)20-26(22,23)14-6-4-3-5-11(14)15(21)25-2/h3-9,20H,1-2H3. The fourth-order valence-corrected chi connectivity index (χ4v) is 3.43. The lowest BCUT2D eigenvalue weighted by Gasteiger charge is -2.15. The third-order valence-corrected chi connectivity index (χ3v) is 4.78. The second-order valence-corrected chi connectivity index (χ2v) is 6.66. The molecule has 0 spiro atoms. The van der Waals surface area contributed by atoms with Gasteiger partial charge in [0.25, 0.3) is 10.0 Å². The summed E-state index contributed by atoms with van der Waals surface area (Å²) in [5, 5.41) is 0. The van der Waals surface area contributed by atoms with Crippen molar-refractivity contribution < 1.29 is 35.9 Å². The van der Waals surface area contributed by atoms with Crippen molar-refractivity contribution in [3.8, 4) is 5.75 Å². The van der Waals surface area contributed by atoms with Crippen LogP contribution in [0.2, 0.25) is 0 Å². The third kappa shape index (κ3) is 4.07. The van der Waals surface area contributed by atoms with Crippen LogP contribution in [-0.2, 0) is 20.9 Å². The number of halogens is 3. The van der Waals surface area contributed by atoms with Crippen molar-refractivity contribution in [3.05, 3.63) is 53.6 Å². The Kier molecular flexibility index (Phi) is 5.45. The number of benzene rings is 2.